The van der Waals surface area contributed by atoms with Crippen molar-refractivity contribution in [3.63, 3.8) is 0 Å². The van der Waals surface area contributed by atoms with Gasteiger partial charge in [-0.05, 0) is 90.7 Å². The van der Waals surface area contributed by atoms with Gasteiger partial charge in [0.1, 0.15) is 0 Å². The third-order valence-electron chi connectivity index (χ3n) is 7.62. The standard InChI is InChI=1S/C38H29NS/c1-26-12-17-30(18-13-26)39(31-19-14-27(2)15-20-31)32-21-22-33(35(25-32)28-8-4-3-5-9-28)29-16-23-38-36(24-29)34-10-6-7-11-37(34)40-38/h3-25H,1-2H3. The second-order valence-electron chi connectivity index (χ2n) is 10.4. The van der Waals surface area contributed by atoms with Crippen LogP contribution in [0.25, 0.3) is 42.4 Å². The predicted octanol–water partition coefficient (Wildman–Crippen LogP) is 11.5. The Kier molecular flexibility index (Phi) is 6.18. The van der Waals surface area contributed by atoms with Gasteiger partial charge in [-0.1, -0.05) is 96.1 Å². The van der Waals surface area contributed by atoms with Crippen LogP contribution in [0.15, 0.2) is 140 Å². The first-order chi connectivity index (χ1) is 19.6. The van der Waals surface area contributed by atoms with Gasteiger partial charge in [0.2, 0.25) is 0 Å². The van der Waals surface area contributed by atoms with Crippen molar-refractivity contribution in [2.45, 2.75) is 13.8 Å². The molecule has 0 unspecified atom stereocenters. The van der Waals surface area contributed by atoms with Crippen LogP contribution in [0, 0.1) is 13.8 Å². The van der Waals surface area contributed by atoms with E-state index in [2.05, 4.69) is 158 Å². The minimum absolute atomic E-state index is 1.14. The number of benzene rings is 6. The maximum atomic E-state index is 2.37. The van der Waals surface area contributed by atoms with E-state index < -0.39 is 0 Å². The molecule has 2 heteroatoms. The summed E-state index contributed by atoms with van der Waals surface area (Å²) in [6, 6.07) is 50.9. The molecule has 0 saturated heterocycles. The molecule has 0 amide bonds. The summed E-state index contributed by atoms with van der Waals surface area (Å²) in [6.07, 6.45) is 0. The molecular formula is C38H29NS. The molecule has 1 aromatic heterocycles. The Balaban J connectivity index is 1.43. The molecule has 1 nitrogen and oxygen atoms in total. The molecule has 0 saturated carbocycles. The number of aryl methyl sites for hydroxylation is 2. The van der Waals surface area contributed by atoms with Crippen LogP contribution in [-0.4, -0.2) is 0 Å². The van der Waals surface area contributed by atoms with Crippen molar-refractivity contribution >= 4 is 48.6 Å². The highest BCUT2D eigenvalue weighted by molar-refractivity contribution is 7.25. The molecule has 40 heavy (non-hydrogen) atoms. The van der Waals surface area contributed by atoms with Gasteiger partial charge in [-0.2, -0.15) is 0 Å². The van der Waals surface area contributed by atoms with E-state index in [1.54, 1.807) is 0 Å². The summed E-state index contributed by atoms with van der Waals surface area (Å²) < 4.78 is 2.66. The highest BCUT2D eigenvalue weighted by Gasteiger charge is 2.17. The highest BCUT2D eigenvalue weighted by atomic mass is 32.1. The third-order valence-corrected chi connectivity index (χ3v) is 8.77. The number of hydrogen-bond donors (Lipinski definition) is 0. The average Bonchev–Trinajstić information content (AvgIpc) is 3.38. The van der Waals surface area contributed by atoms with Crippen molar-refractivity contribution in [3.05, 3.63) is 151 Å². The monoisotopic (exact) mass is 531 g/mol. The Morgan fingerprint density at radius 2 is 1.02 bits per heavy atom. The molecular weight excluding hydrogens is 502 g/mol. The summed E-state index contributed by atoms with van der Waals surface area (Å²) in [5.41, 5.74) is 10.8. The van der Waals surface area contributed by atoms with Gasteiger partial charge in [-0.25, -0.2) is 0 Å². The summed E-state index contributed by atoms with van der Waals surface area (Å²) in [4.78, 5) is 2.35. The number of fused-ring (bicyclic) bond motifs is 3. The van der Waals surface area contributed by atoms with Crippen LogP contribution >= 0.6 is 11.3 Å². The van der Waals surface area contributed by atoms with Gasteiger partial charge >= 0.3 is 0 Å². The van der Waals surface area contributed by atoms with Gasteiger partial charge < -0.3 is 4.90 Å². The largest absolute Gasteiger partial charge is 0.310 e. The molecule has 0 aliphatic carbocycles. The predicted molar refractivity (Wildman–Crippen MR) is 174 cm³/mol. The second-order valence-corrected chi connectivity index (χ2v) is 11.5. The molecule has 0 aliphatic rings. The van der Waals surface area contributed by atoms with E-state index in [4.69, 9.17) is 0 Å². The van der Waals surface area contributed by atoms with Crippen LogP contribution in [0.4, 0.5) is 17.1 Å². The van der Waals surface area contributed by atoms with E-state index in [1.165, 1.54) is 53.6 Å². The number of thiophene rings is 1. The summed E-state index contributed by atoms with van der Waals surface area (Å²) in [5.74, 6) is 0. The van der Waals surface area contributed by atoms with Gasteiger partial charge in [-0.3, -0.25) is 0 Å². The first kappa shape index (κ1) is 24.4. The second kappa shape index (κ2) is 10.1. The molecule has 0 N–H and O–H groups in total. The van der Waals surface area contributed by atoms with Crippen LogP contribution in [0.3, 0.4) is 0 Å². The van der Waals surface area contributed by atoms with Crippen LogP contribution in [0.5, 0.6) is 0 Å². The van der Waals surface area contributed by atoms with Crippen molar-refractivity contribution < 1.29 is 0 Å². The fraction of sp³-hybridized carbons (Fsp3) is 0.0526. The Morgan fingerprint density at radius 3 is 1.73 bits per heavy atom. The van der Waals surface area contributed by atoms with Crippen molar-refractivity contribution in [3.8, 4) is 22.3 Å². The fourth-order valence-corrected chi connectivity index (χ4v) is 6.59. The molecule has 192 valence electrons. The lowest BCUT2D eigenvalue weighted by Gasteiger charge is -2.27. The molecule has 0 atom stereocenters. The SMILES string of the molecule is Cc1ccc(N(c2ccc(C)cc2)c2ccc(-c3ccc4sc5ccccc5c4c3)c(-c3ccccc3)c2)cc1. The molecule has 6 aromatic carbocycles. The van der Waals surface area contributed by atoms with Gasteiger partial charge in [0.25, 0.3) is 0 Å². The zero-order valence-electron chi connectivity index (χ0n) is 22.6. The molecule has 0 spiro atoms. The Hall–Kier alpha value is -4.66. The fourth-order valence-electron chi connectivity index (χ4n) is 5.51. The first-order valence-corrected chi connectivity index (χ1v) is 14.5. The van der Waals surface area contributed by atoms with Gasteiger partial charge in [0.15, 0.2) is 0 Å². The normalized spacial score (nSPS) is 11.2. The first-order valence-electron chi connectivity index (χ1n) is 13.7. The maximum absolute atomic E-state index is 2.37. The van der Waals surface area contributed by atoms with Crippen LogP contribution in [0.2, 0.25) is 0 Å². The Morgan fingerprint density at radius 1 is 0.425 bits per heavy atom. The molecule has 1 heterocycles. The van der Waals surface area contributed by atoms with Crippen molar-refractivity contribution in [2.24, 2.45) is 0 Å². The summed E-state index contributed by atoms with van der Waals surface area (Å²) >= 11 is 1.86. The topological polar surface area (TPSA) is 3.24 Å². The quantitative estimate of drug-likeness (QED) is 0.213. The lowest BCUT2D eigenvalue weighted by Crippen LogP contribution is -2.10. The summed E-state index contributed by atoms with van der Waals surface area (Å²) in [7, 11) is 0. The van der Waals surface area contributed by atoms with E-state index in [-0.39, 0.29) is 0 Å². The van der Waals surface area contributed by atoms with Crippen LogP contribution in [-0.2, 0) is 0 Å². The highest BCUT2D eigenvalue weighted by Crippen LogP contribution is 2.42. The molecule has 0 radical (unpaired) electrons. The van der Waals surface area contributed by atoms with Gasteiger partial charge in [0.05, 0.1) is 0 Å². The molecule has 0 fully saturated rings. The zero-order valence-corrected chi connectivity index (χ0v) is 23.5. The number of anilines is 3. The Labute approximate surface area is 239 Å². The maximum Gasteiger partial charge on any atom is 0.0468 e. The molecule has 7 aromatic rings. The Bertz CT molecular complexity index is 1900. The number of hydrogen-bond acceptors (Lipinski definition) is 2. The number of nitrogens with zero attached hydrogens (tertiary/aromatic N) is 1. The molecule has 0 bridgehead atoms. The van der Waals surface area contributed by atoms with Crippen molar-refractivity contribution in [2.75, 3.05) is 4.90 Å². The zero-order chi connectivity index (χ0) is 27.1. The summed E-state index contributed by atoms with van der Waals surface area (Å²) in [5, 5.41) is 2.65. The van der Waals surface area contributed by atoms with E-state index in [0.717, 1.165) is 17.1 Å². The molecule has 7 rings (SSSR count). The minimum Gasteiger partial charge on any atom is -0.310 e. The number of rotatable bonds is 5. The third kappa shape index (κ3) is 4.47. The van der Waals surface area contributed by atoms with Gasteiger partial charge in [0, 0.05) is 37.2 Å². The molecule has 0 aliphatic heterocycles. The minimum atomic E-state index is 1.14. The van der Waals surface area contributed by atoms with E-state index in [9.17, 15) is 0 Å². The van der Waals surface area contributed by atoms with Crippen molar-refractivity contribution in [1.82, 2.24) is 0 Å². The smallest absolute Gasteiger partial charge is 0.0468 e. The van der Waals surface area contributed by atoms with E-state index in [0.29, 0.717) is 0 Å². The van der Waals surface area contributed by atoms with Gasteiger partial charge in [-0.15, -0.1) is 11.3 Å². The van der Waals surface area contributed by atoms with Crippen molar-refractivity contribution in [1.29, 1.82) is 0 Å². The van der Waals surface area contributed by atoms with E-state index in [1.807, 2.05) is 11.3 Å². The average molecular weight is 532 g/mol. The lowest BCUT2D eigenvalue weighted by atomic mass is 9.93. The van der Waals surface area contributed by atoms with Crippen LogP contribution in [0.1, 0.15) is 11.1 Å². The lowest BCUT2D eigenvalue weighted by molar-refractivity contribution is 1.27. The van der Waals surface area contributed by atoms with Crippen LogP contribution < -0.4 is 4.90 Å². The van der Waals surface area contributed by atoms with E-state index >= 15 is 0 Å². The summed E-state index contributed by atoms with van der Waals surface area (Å²) in [6.45, 7) is 4.27.